The Hall–Kier alpha value is -1.79. The molecule has 24 heavy (non-hydrogen) atoms. The number of nitrogens with zero attached hydrogens (tertiary/aromatic N) is 2. The molecule has 3 N–H and O–H groups in total. The number of carbonyl (C=O) groups is 1. The van der Waals surface area contributed by atoms with Gasteiger partial charge < -0.3 is 20.7 Å². The Morgan fingerprint density at radius 3 is 2.50 bits per heavy atom. The van der Waals surface area contributed by atoms with Gasteiger partial charge in [-0.15, -0.1) is 0 Å². The fourth-order valence-corrected chi connectivity index (χ4v) is 2.91. The number of carbonyl (C=O) groups excluding carboxylic acids is 1. The molecule has 0 radical (unpaired) electrons. The Balaban J connectivity index is 1.84. The quantitative estimate of drug-likeness (QED) is 0.779. The van der Waals surface area contributed by atoms with Crippen LogP contribution in [0.1, 0.15) is 32.3 Å². The minimum atomic E-state index is -0.375. The van der Waals surface area contributed by atoms with Crippen molar-refractivity contribution in [3.63, 3.8) is 0 Å². The van der Waals surface area contributed by atoms with E-state index >= 15 is 0 Å². The second-order valence-electron chi connectivity index (χ2n) is 6.52. The van der Waals surface area contributed by atoms with Gasteiger partial charge in [-0.05, 0) is 24.5 Å². The summed E-state index contributed by atoms with van der Waals surface area (Å²) in [7, 11) is 0. The van der Waals surface area contributed by atoms with Gasteiger partial charge in [0.15, 0.2) is 6.23 Å². The fourth-order valence-electron chi connectivity index (χ4n) is 2.91. The van der Waals surface area contributed by atoms with Crippen molar-refractivity contribution in [3.05, 3.63) is 29.8 Å². The summed E-state index contributed by atoms with van der Waals surface area (Å²) >= 11 is 0. The molecule has 1 aliphatic rings. The lowest BCUT2D eigenvalue weighted by Gasteiger charge is -2.35. The maximum absolute atomic E-state index is 12.4. The summed E-state index contributed by atoms with van der Waals surface area (Å²) in [6, 6.07) is 7.89. The Morgan fingerprint density at radius 1 is 1.21 bits per heavy atom. The lowest BCUT2D eigenvalue weighted by Crippen LogP contribution is -2.54. The number of nitrogens with two attached hydrogens (primary N) is 1. The van der Waals surface area contributed by atoms with E-state index in [0.717, 1.165) is 44.0 Å². The second-order valence-corrected chi connectivity index (χ2v) is 6.52. The number of ether oxygens (including phenoxy) is 1. The summed E-state index contributed by atoms with van der Waals surface area (Å²) in [4.78, 5) is 16.5. The molecule has 1 unspecified atom stereocenters. The van der Waals surface area contributed by atoms with E-state index in [1.54, 1.807) is 0 Å². The predicted molar refractivity (Wildman–Crippen MR) is 96.2 cm³/mol. The molecule has 1 aromatic rings. The zero-order valence-electron chi connectivity index (χ0n) is 15.0. The highest BCUT2D eigenvalue weighted by Gasteiger charge is 2.22. The Morgan fingerprint density at radius 2 is 1.88 bits per heavy atom. The molecular formula is C18H30N4O2. The molecule has 134 valence electrons. The number of benzene rings is 1. The van der Waals surface area contributed by atoms with Crippen molar-refractivity contribution < 1.29 is 9.53 Å². The van der Waals surface area contributed by atoms with Gasteiger partial charge in [0, 0.05) is 39.3 Å². The molecule has 2 rings (SSSR count). The molecule has 0 spiro atoms. The zero-order valence-corrected chi connectivity index (χ0v) is 15.0. The van der Waals surface area contributed by atoms with Crippen molar-refractivity contribution in [2.45, 2.75) is 32.9 Å². The average Bonchev–Trinajstić information content (AvgIpc) is 2.56. The Kier molecular flexibility index (Phi) is 6.87. The van der Waals surface area contributed by atoms with E-state index < -0.39 is 0 Å². The summed E-state index contributed by atoms with van der Waals surface area (Å²) < 4.78 is 5.94. The van der Waals surface area contributed by atoms with Gasteiger partial charge in [0.1, 0.15) is 5.75 Å². The van der Waals surface area contributed by atoms with E-state index in [4.69, 9.17) is 10.5 Å². The molecule has 0 aromatic heterocycles. The first-order chi connectivity index (χ1) is 11.5. The molecule has 1 saturated heterocycles. The van der Waals surface area contributed by atoms with Crippen LogP contribution in [0.2, 0.25) is 0 Å². The fraction of sp³-hybridized carbons (Fsp3) is 0.611. The molecule has 6 heteroatoms. The zero-order chi connectivity index (χ0) is 17.5. The van der Waals surface area contributed by atoms with Crippen LogP contribution in [0.4, 0.5) is 4.79 Å². The molecule has 0 aliphatic carbocycles. The summed E-state index contributed by atoms with van der Waals surface area (Å²) in [5, 5.41) is 2.93. The maximum atomic E-state index is 12.4. The largest absolute Gasteiger partial charge is 0.471 e. The van der Waals surface area contributed by atoms with Gasteiger partial charge in [-0.25, -0.2) is 4.79 Å². The van der Waals surface area contributed by atoms with Crippen molar-refractivity contribution in [2.75, 3.05) is 39.3 Å². The highest BCUT2D eigenvalue weighted by atomic mass is 16.5. The summed E-state index contributed by atoms with van der Waals surface area (Å²) in [6.45, 7) is 10.9. The smallest absolute Gasteiger partial charge is 0.320 e. The van der Waals surface area contributed by atoms with Crippen LogP contribution in [0.15, 0.2) is 24.3 Å². The third-order valence-electron chi connectivity index (χ3n) is 4.28. The van der Waals surface area contributed by atoms with E-state index in [2.05, 4.69) is 30.1 Å². The van der Waals surface area contributed by atoms with Gasteiger partial charge in [0.2, 0.25) is 0 Å². The number of nitrogens with one attached hydrogen (secondary N) is 1. The first-order valence-electron chi connectivity index (χ1n) is 8.74. The molecule has 2 amide bonds. The topological polar surface area (TPSA) is 70.8 Å². The number of amides is 2. The van der Waals surface area contributed by atoms with Crippen LogP contribution >= 0.6 is 0 Å². The molecule has 1 atom stereocenters. The van der Waals surface area contributed by atoms with Crippen LogP contribution in [0.5, 0.6) is 5.75 Å². The van der Waals surface area contributed by atoms with Crippen molar-refractivity contribution in [1.82, 2.24) is 15.1 Å². The number of para-hydroxylation sites is 1. The van der Waals surface area contributed by atoms with Crippen LogP contribution in [-0.2, 0) is 0 Å². The predicted octanol–water partition coefficient (Wildman–Crippen LogP) is 1.82. The highest BCUT2D eigenvalue weighted by Crippen LogP contribution is 2.26. The number of hydrogen-bond donors (Lipinski definition) is 2. The minimum Gasteiger partial charge on any atom is -0.471 e. The Labute approximate surface area is 144 Å². The van der Waals surface area contributed by atoms with Crippen molar-refractivity contribution in [3.8, 4) is 5.75 Å². The van der Waals surface area contributed by atoms with E-state index in [1.807, 2.05) is 30.0 Å². The van der Waals surface area contributed by atoms with Gasteiger partial charge in [-0.1, -0.05) is 32.0 Å². The van der Waals surface area contributed by atoms with Crippen molar-refractivity contribution in [2.24, 2.45) is 5.73 Å². The van der Waals surface area contributed by atoms with Gasteiger partial charge in [-0.2, -0.15) is 0 Å². The van der Waals surface area contributed by atoms with E-state index in [-0.39, 0.29) is 12.3 Å². The molecule has 0 saturated carbocycles. The second kappa shape index (κ2) is 8.89. The van der Waals surface area contributed by atoms with Gasteiger partial charge >= 0.3 is 6.03 Å². The lowest BCUT2D eigenvalue weighted by molar-refractivity contribution is 0.122. The van der Waals surface area contributed by atoms with Crippen molar-refractivity contribution >= 4 is 6.03 Å². The van der Waals surface area contributed by atoms with E-state index in [9.17, 15) is 4.79 Å². The first-order valence-corrected chi connectivity index (χ1v) is 8.74. The third kappa shape index (κ3) is 5.11. The molecule has 1 aliphatic heterocycles. The van der Waals surface area contributed by atoms with E-state index in [0.29, 0.717) is 12.5 Å². The number of piperazine rings is 1. The minimum absolute atomic E-state index is 0.0723. The number of hydrogen-bond acceptors (Lipinski definition) is 4. The molecule has 1 fully saturated rings. The Bertz CT molecular complexity index is 528. The van der Waals surface area contributed by atoms with Gasteiger partial charge in [0.25, 0.3) is 0 Å². The summed E-state index contributed by atoms with van der Waals surface area (Å²) in [6.07, 6.45) is -0.375. The average molecular weight is 334 g/mol. The standard InChI is InChI=1S/C18H30N4O2/c1-14(2)16-6-4-5-7-17(16)24-15(3)20-18(23)22-12-10-21(9-8-19)11-13-22/h4-7,14-15H,8-13,19H2,1-3H3,(H,20,23). The molecular weight excluding hydrogens is 304 g/mol. The van der Waals surface area contributed by atoms with Crippen LogP contribution in [0, 0.1) is 0 Å². The molecule has 6 nitrogen and oxygen atoms in total. The monoisotopic (exact) mass is 334 g/mol. The number of urea groups is 1. The highest BCUT2D eigenvalue weighted by molar-refractivity contribution is 5.74. The van der Waals surface area contributed by atoms with Crippen LogP contribution < -0.4 is 15.8 Å². The van der Waals surface area contributed by atoms with Gasteiger partial charge in [0.05, 0.1) is 0 Å². The van der Waals surface area contributed by atoms with Crippen LogP contribution in [0.25, 0.3) is 0 Å². The maximum Gasteiger partial charge on any atom is 0.320 e. The van der Waals surface area contributed by atoms with Crippen LogP contribution in [-0.4, -0.2) is 61.3 Å². The molecule has 1 aromatic carbocycles. The summed E-state index contributed by atoms with van der Waals surface area (Å²) in [5.74, 6) is 1.20. The van der Waals surface area contributed by atoms with E-state index in [1.165, 1.54) is 0 Å². The van der Waals surface area contributed by atoms with Crippen LogP contribution in [0.3, 0.4) is 0 Å². The third-order valence-corrected chi connectivity index (χ3v) is 4.28. The lowest BCUT2D eigenvalue weighted by atomic mass is 10.0. The first kappa shape index (κ1) is 18.5. The molecule has 0 bridgehead atoms. The van der Waals surface area contributed by atoms with Gasteiger partial charge in [-0.3, -0.25) is 4.90 Å². The van der Waals surface area contributed by atoms with Crippen molar-refractivity contribution in [1.29, 1.82) is 0 Å². The summed E-state index contributed by atoms with van der Waals surface area (Å²) in [5.41, 5.74) is 6.72. The normalized spacial score (nSPS) is 17.0. The SMILES string of the molecule is CC(NC(=O)N1CCN(CCN)CC1)Oc1ccccc1C(C)C. The molecule has 1 heterocycles. The number of rotatable bonds is 6.